The van der Waals surface area contributed by atoms with Crippen molar-refractivity contribution in [1.82, 2.24) is 15.1 Å². The molecule has 3 amide bonds. The topological polar surface area (TPSA) is 95.7 Å². The molecule has 3 aliphatic rings. The smallest absolute Gasteiger partial charge is 0.255 e. The maximum atomic E-state index is 12.8. The van der Waals surface area contributed by atoms with Crippen LogP contribution in [-0.2, 0) is 22.7 Å². The summed E-state index contributed by atoms with van der Waals surface area (Å²) in [4.78, 5) is 40.3. The van der Waals surface area contributed by atoms with Crippen LogP contribution in [0.3, 0.4) is 0 Å². The SMILES string of the molecule is CC(C)(N)C1CCN(Cc2ccc3c(c2)CN(C2CCC(=O)NC2=O)C3=O)C1. The third-order valence-electron chi connectivity index (χ3n) is 6.32. The van der Waals surface area contributed by atoms with Crippen molar-refractivity contribution >= 4 is 17.7 Å². The standard InChI is InChI=1S/C21H28N4O3/c1-21(2,22)15-7-8-24(12-15)10-13-3-4-16-14(9-13)11-25(20(16)28)17-5-6-18(26)23-19(17)27/h3-4,9,15,17H,5-8,10-12,22H2,1-2H3,(H,23,26,27). The van der Waals surface area contributed by atoms with Gasteiger partial charge in [0, 0.05) is 37.2 Å². The van der Waals surface area contributed by atoms with Crippen LogP contribution in [0.15, 0.2) is 18.2 Å². The van der Waals surface area contributed by atoms with Crippen molar-refractivity contribution in [3.05, 3.63) is 34.9 Å². The van der Waals surface area contributed by atoms with E-state index in [1.807, 2.05) is 12.1 Å². The van der Waals surface area contributed by atoms with Crippen LogP contribution in [0.5, 0.6) is 0 Å². The molecule has 2 atom stereocenters. The lowest BCUT2D eigenvalue weighted by Gasteiger charge is -2.29. The third-order valence-corrected chi connectivity index (χ3v) is 6.32. The number of piperidine rings is 1. The molecule has 0 saturated carbocycles. The first kappa shape index (κ1) is 19.1. The second kappa shape index (κ2) is 6.97. The molecule has 3 aliphatic heterocycles. The van der Waals surface area contributed by atoms with Crippen molar-refractivity contribution in [1.29, 1.82) is 0 Å². The fraction of sp³-hybridized carbons (Fsp3) is 0.571. The van der Waals surface area contributed by atoms with Gasteiger partial charge in [-0.3, -0.25) is 24.6 Å². The number of hydrogen-bond donors (Lipinski definition) is 2. The summed E-state index contributed by atoms with van der Waals surface area (Å²) >= 11 is 0. The molecule has 1 aromatic rings. The predicted molar refractivity (Wildman–Crippen MR) is 104 cm³/mol. The van der Waals surface area contributed by atoms with Crippen LogP contribution in [0.4, 0.5) is 0 Å². The number of nitrogens with zero attached hydrogens (tertiary/aromatic N) is 2. The summed E-state index contributed by atoms with van der Waals surface area (Å²) in [5.74, 6) is -0.268. The van der Waals surface area contributed by atoms with Gasteiger partial charge in [-0.1, -0.05) is 12.1 Å². The Kier molecular flexibility index (Phi) is 4.75. The molecule has 4 rings (SSSR count). The number of likely N-dealkylation sites (tertiary alicyclic amines) is 1. The Morgan fingerprint density at radius 1 is 1.21 bits per heavy atom. The average Bonchev–Trinajstić information content (AvgIpc) is 3.20. The molecule has 7 nitrogen and oxygen atoms in total. The van der Waals surface area contributed by atoms with Crippen LogP contribution >= 0.6 is 0 Å². The molecule has 150 valence electrons. The molecule has 0 aromatic heterocycles. The molecule has 28 heavy (non-hydrogen) atoms. The Morgan fingerprint density at radius 3 is 2.68 bits per heavy atom. The van der Waals surface area contributed by atoms with Gasteiger partial charge >= 0.3 is 0 Å². The fourth-order valence-corrected chi connectivity index (χ4v) is 4.57. The number of benzene rings is 1. The van der Waals surface area contributed by atoms with Gasteiger partial charge in [-0.25, -0.2) is 0 Å². The summed E-state index contributed by atoms with van der Waals surface area (Å²) < 4.78 is 0. The normalized spacial score (nSPS) is 26.0. The highest BCUT2D eigenvalue weighted by Gasteiger charge is 2.39. The number of hydrogen-bond acceptors (Lipinski definition) is 5. The zero-order valence-corrected chi connectivity index (χ0v) is 16.5. The molecule has 3 heterocycles. The third kappa shape index (κ3) is 3.56. The molecule has 0 radical (unpaired) electrons. The molecular weight excluding hydrogens is 356 g/mol. The second-order valence-corrected chi connectivity index (χ2v) is 8.93. The minimum absolute atomic E-state index is 0.123. The van der Waals surface area contributed by atoms with Crippen molar-refractivity contribution in [2.24, 2.45) is 11.7 Å². The Morgan fingerprint density at radius 2 is 2.00 bits per heavy atom. The van der Waals surface area contributed by atoms with Crippen molar-refractivity contribution in [2.75, 3.05) is 13.1 Å². The van der Waals surface area contributed by atoms with Gasteiger partial charge in [0.05, 0.1) is 0 Å². The quantitative estimate of drug-likeness (QED) is 0.756. The van der Waals surface area contributed by atoms with E-state index in [4.69, 9.17) is 5.73 Å². The number of rotatable bonds is 4. The lowest BCUT2D eigenvalue weighted by Crippen LogP contribution is -2.52. The fourth-order valence-electron chi connectivity index (χ4n) is 4.57. The molecular formula is C21H28N4O3. The molecule has 3 N–H and O–H groups in total. The van der Waals surface area contributed by atoms with E-state index < -0.39 is 6.04 Å². The van der Waals surface area contributed by atoms with Crippen LogP contribution in [0.25, 0.3) is 0 Å². The van der Waals surface area contributed by atoms with Crippen LogP contribution < -0.4 is 11.1 Å². The van der Waals surface area contributed by atoms with E-state index in [2.05, 4.69) is 30.1 Å². The summed E-state index contributed by atoms with van der Waals surface area (Å²) in [6.45, 7) is 7.46. The van der Waals surface area contributed by atoms with Crippen molar-refractivity contribution in [2.45, 2.75) is 57.8 Å². The zero-order chi connectivity index (χ0) is 20.1. The van der Waals surface area contributed by atoms with Gasteiger partial charge in [-0.2, -0.15) is 0 Å². The van der Waals surface area contributed by atoms with E-state index in [1.165, 1.54) is 5.56 Å². The van der Waals surface area contributed by atoms with Gasteiger partial charge in [0.1, 0.15) is 6.04 Å². The number of imide groups is 1. The zero-order valence-electron chi connectivity index (χ0n) is 16.5. The van der Waals surface area contributed by atoms with Crippen LogP contribution in [0.2, 0.25) is 0 Å². The first-order valence-corrected chi connectivity index (χ1v) is 10.00. The number of nitrogens with two attached hydrogens (primary N) is 1. The Bertz CT molecular complexity index is 829. The molecule has 2 fully saturated rings. The van der Waals surface area contributed by atoms with E-state index in [0.717, 1.165) is 31.6 Å². The molecule has 2 unspecified atom stereocenters. The van der Waals surface area contributed by atoms with Gasteiger partial charge in [-0.05, 0) is 56.3 Å². The lowest BCUT2D eigenvalue weighted by molar-refractivity contribution is -0.136. The maximum Gasteiger partial charge on any atom is 0.255 e. The van der Waals surface area contributed by atoms with Crippen molar-refractivity contribution in [3.63, 3.8) is 0 Å². The number of fused-ring (bicyclic) bond motifs is 1. The predicted octanol–water partition coefficient (Wildman–Crippen LogP) is 1.01. The highest BCUT2D eigenvalue weighted by atomic mass is 16.2. The number of nitrogens with one attached hydrogen (secondary N) is 1. The molecule has 1 aromatic carbocycles. The summed E-state index contributed by atoms with van der Waals surface area (Å²) in [5.41, 5.74) is 8.90. The summed E-state index contributed by atoms with van der Waals surface area (Å²) in [6.07, 6.45) is 1.77. The lowest BCUT2D eigenvalue weighted by atomic mass is 9.88. The van der Waals surface area contributed by atoms with Gasteiger partial charge in [-0.15, -0.1) is 0 Å². The largest absolute Gasteiger partial charge is 0.325 e. The highest BCUT2D eigenvalue weighted by molar-refractivity contribution is 6.05. The van der Waals surface area contributed by atoms with Crippen LogP contribution in [0.1, 0.15) is 54.6 Å². The first-order chi connectivity index (χ1) is 13.2. The molecule has 0 aliphatic carbocycles. The second-order valence-electron chi connectivity index (χ2n) is 8.93. The molecule has 2 saturated heterocycles. The van der Waals surface area contributed by atoms with E-state index >= 15 is 0 Å². The Balaban J connectivity index is 1.44. The summed E-state index contributed by atoms with van der Waals surface area (Å²) in [7, 11) is 0. The number of carbonyl (C=O) groups excluding carboxylic acids is 3. The summed E-state index contributed by atoms with van der Waals surface area (Å²) in [6, 6.07) is 5.40. The van der Waals surface area contributed by atoms with E-state index in [0.29, 0.717) is 24.4 Å². The van der Waals surface area contributed by atoms with Crippen molar-refractivity contribution < 1.29 is 14.4 Å². The maximum absolute atomic E-state index is 12.8. The highest BCUT2D eigenvalue weighted by Crippen LogP contribution is 2.30. The van der Waals surface area contributed by atoms with E-state index in [9.17, 15) is 14.4 Å². The summed E-state index contributed by atoms with van der Waals surface area (Å²) in [5, 5.41) is 2.34. The van der Waals surface area contributed by atoms with Crippen molar-refractivity contribution in [3.8, 4) is 0 Å². The number of carbonyl (C=O) groups is 3. The van der Waals surface area contributed by atoms with Crippen LogP contribution in [0, 0.1) is 5.92 Å². The monoisotopic (exact) mass is 384 g/mol. The first-order valence-electron chi connectivity index (χ1n) is 10.00. The van der Waals surface area contributed by atoms with E-state index in [-0.39, 0.29) is 29.7 Å². The van der Waals surface area contributed by atoms with Crippen LogP contribution in [-0.4, -0.2) is 52.2 Å². The number of amides is 3. The Hall–Kier alpha value is -2.25. The minimum Gasteiger partial charge on any atom is -0.325 e. The average molecular weight is 384 g/mol. The van der Waals surface area contributed by atoms with Gasteiger partial charge in [0.2, 0.25) is 11.8 Å². The Labute approximate surface area is 165 Å². The molecule has 7 heteroatoms. The van der Waals surface area contributed by atoms with E-state index in [1.54, 1.807) is 4.90 Å². The minimum atomic E-state index is -0.563. The van der Waals surface area contributed by atoms with Gasteiger partial charge in [0.15, 0.2) is 0 Å². The molecule has 0 spiro atoms. The van der Waals surface area contributed by atoms with Gasteiger partial charge < -0.3 is 10.6 Å². The van der Waals surface area contributed by atoms with Gasteiger partial charge in [0.25, 0.3) is 5.91 Å². The molecule has 0 bridgehead atoms.